The molecule has 0 unspecified atom stereocenters. The number of rotatable bonds is 4. The third kappa shape index (κ3) is 3.77. The Bertz CT molecular complexity index is 994. The molecule has 0 bridgehead atoms. The van der Waals surface area contributed by atoms with Crippen LogP contribution >= 0.6 is 0 Å². The number of nitrogens with zero attached hydrogens (tertiary/aromatic N) is 6. The second-order valence-electron chi connectivity index (χ2n) is 6.67. The number of benzene rings is 1. The number of hydrogen-bond donors (Lipinski definition) is 1. The Morgan fingerprint density at radius 2 is 1.82 bits per heavy atom. The molecule has 0 saturated carbocycles. The molecular weight excluding hydrogens is 368 g/mol. The maximum atomic E-state index is 13.2. The number of hydrogen-bond acceptors (Lipinski definition) is 6. The summed E-state index contributed by atoms with van der Waals surface area (Å²) in [5, 5.41) is 7.66. The van der Waals surface area contributed by atoms with Gasteiger partial charge >= 0.3 is 0 Å². The summed E-state index contributed by atoms with van der Waals surface area (Å²) in [5.41, 5.74) is 0.884. The summed E-state index contributed by atoms with van der Waals surface area (Å²) in [6.07, 6.45) is 3.28. The lowest BCUT2D eigenvalue weighted by atomic mass is 10.2. The van der Waals surface area contributed by atoms with Gasteiger partial charge in [0.25, 0.3) is 0 Å². The van der Waals surface area contributed by atoms with E-state index in [1.165, 1.54) is 6.33 Å². The summed E-state index contributed by atoms with van der Waals surface area (Å²) in [6, 6.07) is 2.95. The minimum atomic E-state index is -0.726. The van der Waals surface area contributed by atoms with Gasteiger partial charge in [0.15, 0.2) is 5.65 Å². The number of nitrogens with one attached hydrogen (secondary N) is 1. The first-order valence-corrected chi connectivity index (χ1v) is 8.85. The standard InChI is InChI=1S/C18H19F2N7O/c1-25-17-15(9-23-25)18(22-11-21-17)27-4-2-26(3-5-27)10-16(28)24-14-7-12(19)6-13(20)8-14/h6-9,11H,2-5,10H2,1H3,(H,24,28). The Hall–Kier alpha value is -3.14. The van der Waals surface area contributed by atoms with Crippen molar-refractivity contribution in [3.05, 3.63) is 42.4 Å². The molecule has 8 nitrogen and oxygen atoms in total. The van der Waals surface area contributed by atoms with Gasteiger partial charge in [0.05, 0.1) is 18.1 Å². The molecule has 1 aromatic carbocycles. The maximum absolute atomic E-state index is 13.2. The molecule has 2 aromatic heterocycles. The Labute approximate surface area is 159 Å². The molecule has 4 rings (SSSR count). The van der Waals surface area contributed by atoms with Crippen molar-refractivity contribution < 1.29 is 13.6 Å². The Kier molecular flexibility index (Phi) is 4.86. The SMILES string of the molecule is Cn1ncc2c(N3CCN(CC(=O)Nc4cc(F)cc(F)c4)CC3)ncnc21. The third-order valence-corrected chi connectivity index (χ3v) is 4.69. The van der Waals surface area contributed by atoms with Gasteiger partial charge in [-0.2, -0.15) is 5.10 Å². The average molecular weight is 387 g/mol. The van der Waals surface area contributed by atoms with Crippen LogP contribution in [0.2, 0.25) is 0 Å². The fourth-order valence-electron chi connectivity index (χ4n) is 3.35. The molecule has 0 radical (unpaired) electrons. The fourth-order valence-corrected chi connectivity index (χ4v) is 3.35. The van der Waals surface area contributed by atoms with Crippen LogP contribution < -0.4 is 10.2 Å². The van der Waals surface area contributed by atoms with Gasteiger partial charge in [0.2, 0.25) is 5.91 Å². The first-order chi connectivity index (χ1) is 13.5. The van der Waals surface area contributed by atoms with Crippen molar-refractivity contribution in [1.29, 1.82) is 0 Å². The van der Waals surface area contributed by atoms with Crippen molar-refractivity contribution in [2.75, 3.05) is 42.9 Å². The van der Waals surface area contributed by atoms with E-state index in [0.717, 1.165) is 35.1 Å². The van der Waals surface area contributed by atoms with Gasteiger partial charge < -0.3 is 10.2 Å². The van der Waals surface area contributed by atoms with E-state index in [1.54, 1.807) is 10.9 Å². The van der Waals surface area contributed by atoms with Crippen LogP contribution in [0.1, 0.15) is 0 Å². The predicted octanol–water partition coefficient (Wildman–Crippen LogP) is 1.40. The van der Waals surface area contributed by atoms with Gasteiger partial charge in [-0.3, -0.25) is 14.4 Å². The lowest BCUT2D eigenvalue weighted by Crippen LogP contribution is -2.49. The largest absolute Gasteiger partial charge is 0.353 e. The van der Waals surface area contributed by atoms with Crippen molar-refractivity contribution in [2.24, 2.45) is 7.05 Å². The summed E-state index contributed by atoms with van der Waals surface area (Å²) in [4.78, 5) is 25.0. The number of carbonyl (C=O) groups excluding carboxylic acids is 1. The van der Waals surface area contributed by atoms with Crippen LogP contribution in [0.3, 0.4) is 0 Å². The van der Waals surface area contributed by atoms with E-state index >= 15 is 0 Å². The van der Waals surface area contributed by atoms with E-state index in [1.807, 2.05) is 11.9 Å². The quantitative estimate of drug-likeness (QED) is 0.729. The predicted molar refractivity (Wildman–Crippen MR) is 99.9 cm³/mol. The first kappa shape index (κ1) is 18.2. The van der Waals surface area contributed by atoms with Crippen LogP contribution in [0.15, 0.2) is 30.7 Å². The monoisotopic (exact) mass is 387 g/mol. The number of fused-ring (bicyclic) bond motifs is 1. The van der Waals surface area contributed by atoms with Gasteiger partial charge in [0, 0.05) is 45.0 Å². The average Bonchev–Trinajstić information content (AvgIpc) is 3.03. The molecule has 3 heterocycles. The minimum Gasteiger partial charge on any atom is -0.353 e. The van der Waals surface area contributed by atoms with Gasteiger partial charge in [-0.05, 0) is 12.1 Å². The smallest absolute Gasteiger partial charge is 0.238 e. The summed E-state index contributed by atoms with van der Waals surface area (Å²) in [6.45, 7) is 2.87. The first-order valence-electron chi connectivity index (χ1n) is 8.85. The van der Waals surface area contributed by atoms with E-state index < -0.39 is 11.6 Å². The van der Waals surface area contributed by atoms with E-state index in [2.05, 4.69) is 25.3 Å². The Balaban J connectivity index is 1.35. The van der Waals surface area contributed by atoms with Gasteiger partial charge in [-0.15, -0.1) is 0 Å². The Morgan fingerprint density at radius 1 is 1.11 bits per heavy atom. The highest BCUT2D eigenvalue weighted by atomic mass is 19.1. The minimum absolute atomic E-state index is 0.112. The zero-order chi connectivity index (χ0) is 19.7. The second-order valence-corrected chi connectivity index (χ2v) is 6.67. The molecular formula is C18H19F2N7O. The summed E-state index contributed by atoms with van der Waals surface area (Å²) < 4.78 is 28.2. The van der Waals surface area contributed by atoms with Crippen LogP contribution in [0, 0.1) is 11.6 Å². The number of amides is 1. The highest BCUT2D eigenvalue weighted by Crippen LogP contribution is 2.23. The zero-order valence-electron chi connectivity index (χ0n) is 15.3. The molecule has 3 aromatic rings. The van der Waals surface area contributed by atoms with Crippen molar-refractivity contribution in [2.45, 2.75) is 0 Å². The van der Waals surface area contributed by atoms with Gasteiger partial charge in [-0.1, -0.05) is 0 Å². The van der Waals surface area contributed by atoms with Gasteiger partial charge in [-0.25, -0.2) is 18.7 Å². The van der Waals surface area contributed by atoms with Gasteiger partial charge in [0.1, 0.15) is 23.8 Å². The van der Waals surface area contributed by atoms with Crippen LogP contribution in [0.4, 0.5) is 20.3 Å². The molecule has 1 N–H and O–H groups in total. The molecule has 146 valence electrons. The van der Waals surface area contributed by atoms with E-state index in [-0.39, 0.29) is 18.1 Å². The lowest BCUT2D eigenvalue weighted by molar-refractivity contribution is -0.117. The van der Waals surface area contributed by atoms with Crippen molar-refractivity contribution >= 4 is 28.4 Å². The van der Waals surface area contributed by atoms with Crippen LogP contribution in [-0.4, -0.2) is 63.3 Å². The number of anilines is 2. The second kappa shape index (κ2) is 7.47. The van der Waals surface area contributed by atoms with Crippen molar-refractivity contribution in [3.8, 4) is 0 Å². The third-order valence-electron chi connectivity index (χ3n) is 4.69. The molecule has 1 fully saturated rings. The van der Waals surface area contributed by atoms with Crippen molar-refractivity contribution in [3.63, 3.8) is 0 Å². The summed E-state index contributed by atoms with van der Waals surface area (Å²) >= 11 is 0. The van der Waals surface area contributed by atoms with E-state index in [0.29, 0.717) is 26.2 Å². The number of aromatic nitrogens is 4. The number of halogens is 2. The number of carbonyl (C=O) groups is 1. The molecule has 1 saturated heterocycles. The number of piperazine rings is 1. The molecule has 0 spiro atoms. The molecule has 1 aliphatic heterocycles. The maximum Gasteiger partial charge on any atom is 0.238 e. The molecule has 1 aliphatic rings. The normalized spacial score (nSPS) is 15.2. The van der Waals surface area contributed by atoms with Crippen LogP contribution in [0.5, 0.6) is 0 Å². The molecule has 0 aliphatic carbocycles. The lowest BCUT2D eigenvalue weighted by Gasteiger charge is -2.35. The van der Waals surface area contributed by atoms with Crippen molar-refractivity contribution in [1.82, 2.24) is 24.6 Å². The van der Waals surface area contributed by atoms with Crippen LogP contribution in [-0.2, 0) is 11.8 Å². The molecule has 28 heavy (non-hydrogen) atoms. The summed E-state index contributed by atoms with van der Waals surface area (Å²) in [5.74, 6) is -0.932. The molecule has 1 amide bonds. The summed E-state index contributed by atoms with van der Waals surface area (Å²) in [7, 11) is 1.83. The van der Waals surface area contributed by atoms with Crippen LogP contribution in [0.25, 0.3) is 11.0 Å². The highest BCUT2D eigenvalue weighted by Gasteiger charge is 2.22. The van der Waals surface area contributed by atoms with E-state index in [4.69, 9.17) is 0 Å². The molecule has 10 heteroatoms. The molecule has 0 atom stereocenters. The highest BCUT2D eigenvalue weighted by molar-refractivity contribution is 5.92. The number of aryl methyl sites for hydroxylation is 1. The topological polar surface area (TPSA) is 79.2 Å². The fraction of sp³-hybridized carbons (Fsp3) is 0.333. The van der Waals surface area contributed by atoms with E-state index in [9.17, 15) is 13.6 Å². The zero-order valence-corrected chi connectivity index (χ0v) is 15.3. The Morgan fingerprint density at radius 3 is 2.54 bits per heavy atom.